The summed E-state index contributed by atoms with van der Waals surface area (Å²) in [5, 5.41) is 2.66. The molecule has 31 heavy (non-hydrogen) atoms. The molecular formula is C22H27N3O6. The lowest BCUT2D eigenvalue weighted by Gasteiger charge is -2.28. The van der Waals surface area contributed by atoms with Gasteiger partial charge < -0.3 is 29.2 Å². The standard InChI is InChI=1S/C22H27N3O6/c1-2-29-17-5-7-18(8-6-17)30-13-10-23-20(26)16-31-22(27)19-4-3-9-24-21(19)25-11-14-28-15-12-25/h3-9H,2,10-16H2,1H3,(H,23,26). The number of hydrogen-bond acceptors (Lipinski definition) is 8. The van der Waals surface area contributed by atoms with Crippen molar-refractivity contribution >= 4 is 17.7 Å². The van der Waals surface area contributed by atoms with Gasteiger partial charge in [0.25, 0.3) is 5.91 Å². The number of nitrogens with one attached hydrogen (secondary N) is 1. The molecule has 0 saturated carbocycles. The molecule has 1 N–H and O–H groups in total. The minimum atomic E-state index is -0.588. The largest absolute Gasteiger partial charge is 0.494 e. The number of nitrogens with zero attached hydrogens (tertiary/aromatic N) is 2. The van der Waals surface area contributed by atoms with Crippen molar-refractivity contribution in [1.82, 2.24) is 10.3 Å². The van der Waals surface area contributed by atoms with E-state index < -0.39 is 11.9 Å². The van der Waals surface area contributed by atoms with Gasteiger partial charge in [0.05, 0.1) is 26.4 Å². The highest BCUT2D eigenvalue weighted by molar-refractivity contribution is 5.96. The molecule has 1 aromatic carbocycles. The lowest BCUT2D eigenvalue weighted by molar-refractivity contribution is -0.124. The average molecular weight is 429 g/mol. The van der Waals surface area contributed by atoms with Crippen LogP contribution in [0.5, 0.6) is 11.5 Å². The first-order valence-corrected chi connectivity index (χ1v) is 10.2. The van der Waals surface area contributed by atoms with Gasteiger partial charge in [-0.1, -0.05) is 0 Å². The van der Waals surface area contributed by atoms with Crippen molar-refractivity contribution in [3.05, 3.63) is 48.2 Å². The first-order chi connectivity index (χ1) is 15.2. The van der Waals surface area contributed by atoms with Crippen LogP contribution in [0.25, 0.3) is 0 Å². The molecule has 1 amide bonds. The SMILES string of the molecule is CCOc1ccc(OCCNC(=O)COC(=O)c2cccnc2N2CCOCC2)cc1. The minimum absolute atomic E-state index is 0.287. The Hall–Kier alpha value is -3.33. The summed E-state index contributed by atoms with van der Waals surface area (Å²) in [7, 11) is 0. The smallest absolute Gasteiger partial charge is 0.342 e. The second kappa shape index (κ2) is 11.8. The molecular weight excluding hydrogens is 402 g/mol. The van der Waals surface area contributed by atoms with Gasteiger partial charge >= 0.3 is 5.97 Å². The molecule has 0 aliphatic carbocycles. The van der Waals surface area contributed by atoms with E-state index in [2.05, 4.69) is 10.3 Å². The van der Waals surface area contributed by atoms with Crippen molar-refractivity contribution in [3.8, 4) is 11.5 Å². The number of anilines is 1. The fourth-order valence-electron chi connectivity index (χ4n) is 3.00. The number of ether oxygens (including phenoxy) is 4. The van der Waals surface area contributed by atoms with Crippen molar-refractivity contribution in [2.24, 2.45) is 0 Å². The molecule has 1 aromatic heterocycles. The molecule has 0 bridgehead atoms. The van der Waals surface area contributed by atoms with Gasteiger partial charge in [-0.2, -0.15) is 0 Å². The lowest BCUT2D eigenvalue weighted by atomic mass is 10.2. The molecule has 9 heteroatoms. The first kappa shape index (κ1) is 22.4. The van der Waals surface area contributed by atoms with Crippen LogP contribution >= 0.6 is 0 Å². The number of pyridine rings is 1. The zero-order chi connectivity index (χ0) is 21.9. The molecule has 0 unspecified atom stereocenters. The normalized spacial score (nSPS) is 13.4. The van der Waals surface area contributed by atoms with Crippen LogP contribution in [0.2, 0.25) is 0 Å². The third-order valence-electron chi connectivity index (χ3n) is 4.48. The van der Waals surface area contributed by atoms with Gasteiger partial charge in [0.15, 0.2) is 6.61 Å². The number of esters is 1. The number of aromatic nitrogens is 1. The van der Waals surface area contributed by atoms with Gasteiger partial charge in [-0.25, -0.2) is 9.78 Å². The predicted molar refractivity (Wildman–Crippen MR) is 114 cm³/mol. The van der Waals surface area contributed by atoms with Crippen LogP contribution in [0.4, 0.5) is 5.82 Å². The molecule has 9 nitrogen and oxygen atoms in total. The summed E-state index contributed by atoms with van der Waals surface area (Å²) in [6.45, 7) is 5.17. The monoisotopic (exact) mass is 429 g/mol. The maximum absolute atomic E-state index is 12.5. The Kier molecular flexibility index (Phi) is 8.48. The van der Waals surface area contributed by atoms with Crippen LogP contribution in [0.15, 0.2) is 42.6 Å². The molecule has 1 aliphatic heterocycles. The summed E-state index contributed by atoms with van der Waals surface area (Å²) in [6, 6.07) is 10.5. The van der Waals surface area contributed by atoms with E-state index >= 15 is 0 Å². The number of hydrogen-bond donors (Lipinski definition) is 1. The third kappa shape index (κ3) is 6.85. The van der Waals surface area contributed by atoms with E-state index in [9.17, 15) is 9.59 Å². The van der Waals surface area contributed by atoms with Gasteiger partial charge in [-0.3, -0.25) is 4.79 Å². The van der Waals surface area contributed by atoms with Gasteiger partial charge in [-0.15, -0.1) is 0 Å². The van der Waals surface area contributed by atoms with E-state index in [0.717, 1.165) is 5.75 Å². The van der Waals surface area contributed by atoms with Crippen LogP contribution in [-0.4, -0.2) is 69.5 Å². The fourth-order valence-corrected chi connectivity index (χ4v) is 3.00. The Morgan fingerprint density at radius 2 is 1.81 bits per heavy atom. The van der Waals surface area contributed by atoms with Gasteiger partial charge in [0, 0.05) is 19.3 Å². The van der Waals surface area contributed by atoms with E-state index in [1.165, 1.54) is 0 Å². The van der Waals surface area contributed by atoms with Gasteiger partial charge in [0.1, 0.15) is 29.5 Å². The molecule has 166 valence electrons. The number of morpholine rings is 1. The van der Waals surface area contributed by atoms with E-state index in [4.69, 9.17) is 18.9 Å². The molecule has 1 fully saturated rings. The predicted octanol–water partition coefficient (Wildman–Crippen LogP) is 1.67. The highest BCUT2D eigenvalue weighted by Gasteiger charge is 2.21. The van der Waals surface area contributed by atoms with Crippen molar-refractivity contribution in [1.29, 1.82) is 0 Å². The summed E-state index contributed by atoms with van der Waals surface area (Å²) in [6.07, 6.45) is 1.62. The van der Waals surface area contributed by atoms with E-state index in [1.54, 1.807) is 30.5 Å². The second-order valence-corrected chi connectivity index (χ2v) is 6.65. The number of benzene rings is 1. The van der Waals surface area contributed by atoms with Crippen molar-refractivity contribution in [3.63, 3.8) is 0 Å². The topological polar surface area (TPSA) is 99.2 Å². The van der Waals surface area contributed by atoms with Crippen LogP contribution in [0, 0.1) is 0 Å². The third-order valence-corrected chi connectivity index (χ3v) is 4.48. The van der Waals surface area contributed by atoms with Crippen molar-refractivity contribution in [2.45, 2.75) is 6.92 Å². The molecule has 1 aliphatic rings. The summed E-state index contributed by atoms with van der Waals surface area (Å²) in [5.41, 5.74) is 0.330. The molecule has 3 rings (SSSR count). The summed E-state index contributed by atoms with van der Waals surface area (Å²) in [5.74, 6) is 1.00. The number of carbonyl (C=O) groups excluding carboxylic acids is 2. The second-order valence-electron chi connectivity index (χ2n) is 6.65. The van der Waals surface area contributed by atoms with E-state index in [1.807, 2.05) is 24.0 Å². The van der Waals surface area contributed by atoms with Crippen LogP contribution < -0.4 is 19.7 Å². The van der Waals surface area contributed by atoms with Crippen LogP contribution in [0.1, 0.15) is 17.3 Å². The Balaban J connectivity index is 1.39. The number of rotatable bonds is 10. The Labute approximate surface area is 181 Å². The Morgan fingerprint density at radius 1 is 1.10 bits per heavy atom. The van der Waals surface area contributed by atoms with Gasteiger partial charge in [-0.05, 0) is 43.3 Å². The lowest BCUT2D eigenvalue weighted by Crippen LogP contribution is -2.38. The quantitative estimate of drug-likeness (QED) is 0.450. The first-order valence-electron chi connectivity index (χ1n) is 10.2. The maximum atomic E-state index is 12.5. The zero-order valence-electron chi connectivity index (χ0n) is 17.5. The minimum Gasteiger partial charge on any atom is -0.494 e. The Bertz CT molecular complexity index is 853. The highest BCUT2D eigenvalue weighted by Crippen LogP contribution is 2.19. The molecule has 0 radical (unpaired) electrons. The summed E-state index contributed by atoms with van der Waals surface area (Å²) < 4.78 is 21.4. The molecule has 1 saturated heterocycles. The van der Waals surface area contributed by atoms with E-state index in [0.29, 0.717) is 50.0 Å². The van der Waals surface area contributed by atoms with Crippen LogP contribution in [0.3, 0.4) is 0 Å². The zero-order valence-corrected chi connectivity index (χ0v) is 17.5. The summed E-state index contributed by atoms with van der Waals surface area (Å²) in [4.78, 5) is 30.7. The average Bonchev–Trinajstić information content (AvgIpc) is 2.82. The number of carbonyl (C=O) groups is 2. The van der Waals surface area contributed by atoms with Crippen LogP contribution in [-0.2, 0) is 14.3 Å². The summed E-state index contributed by atoms with van der Waals surface area (Å²) >= 11 is 0. The van der Waals surface area contributed by atoms with Gasteiger partial charge in [0.2, 0.25) is 0 Å². The Morgan fingerprint density at radius 3 is 2.52 bits per heavy atom. The maximum Gasteiger partial charge on any atom is 0.342 e. The molecule has 2 heterocycles. The van der Waals surface area contributed by atoms with Crippen molar-refractivity contribution < 1.29 is 28.5 Å². The van der Waals surface area contributed by atoms with E-state index in [-0.39, 0.29) is 19.8 Å². The number of amides is 1. The molecule has 0 spiro atoms. The highest BCUT2D eigenvalue weighted by atomic mass is 16.5. The molecule has 2 aromatic rings. The molecule has 0 atom stereocenters. The fraction of sp³-hybridized carbons (Fsp3) is 0.409. The van der Waals surface area contributed by atoms with Crippen molar-refractivity contribution in [2.75, 3.05) is 57.6 Å².